The molecule has 6 heteroatoms. The van der Waals surface area contributed by atoms with E-state index in [9.17, 15) is 4.79 Å². The van der Waals surface area contributed by atoms with Gasteiger partial charge >= 0.3 is 6.03 Å². The SMILES string of the molecule is CCCCOc1cc(N2CCOCC2)ccc1NC(=O)NC(C)(C)C. The minimum Gasteiger partial charge on any atom is -0.491 e. The second-order valence-electron chi connectivity index (χ2n) is 7.31. The zero-order chi connectivity index (χ0) is 18.3. The van der Waals surface area contributed by atoms with Crippen LogP contribution in [0.3, 0.4) is 0 Å². The van der Waals surface area contributed by atoms with Gasteiger partial charge in [0.15, 0.2) is 0 Å². The third kappa shape index (κ3) is 6.46. The fourth-order valence-corrected chi connectivity index (χ4v) is 2.57. The Labute approximate surface area is 150 Å². The predicted octanol–water partition coefficient (Wildman–Crippen LogP) is 3.62. The number of hydrogen-bond acceptors (Lipinski definition) is 4. The fraction of sp³-hybridized carbons (Fsp3) is 0.632. The Kier molecular flexibility index (Phi) is 6.93. The minimum atomic E-state index is -0.291. The number of nitrogens with one attached hydrogen (secondary N) is 2. The van der Waals surface area contributed by atoms with Crippen LogP contribution >= 0.6 is 0 Å². The van der Waals surface area contributed by atoms with Crippen LogP contribution in [0.2, 0.25) is 0 Å². The van der Waals surface area contributed by atoms with E-state index in [1.807, 2.05) is 39.0 Å². The van der Waals surface area contributed by atoms with Crippen LogP contribution in [-0.2, 0) is 4.74 Å². The zero-order valence-corrected chi connectivity index (χ0v) is 15.9. The van der Waals surface area contributed by atoms with Gasteiger partial charge in [-0.2, -0.15) is 0 Å². The van der Waals surface area contributed by atoms with Crippen LogP contribution in [0.15, 0.2) is 18.2 Å². The maximum absolute atomic E-state index is 12.2. The third-order valence-electron chi connectivity index (χ3n) is 3.83. The van der Waals surface area contributed by atoms with Gasteiger partial charge in [-0.15, -0.1) is 0 Å². The number of amides is 2. The number of ether oxygens (including phenoxy) is 2. The van der Waals surface area contributed by atoms with Crippen molar-refractivity contribution in [3.63, 3.8) is 0 Å². The second kappa shape index (κ2) is 8.94. The Morgan fingerprint density at radius 1 is 1.28 bits per heavy atom. The van der Waals surface area contributed by atoms with Crippen LogP contribution in [0.4, 0.5) is 16.2 Å². The number of anilines is 2. The Bertz CT molecular complexity index is 564. The standard InChI is InChI=1S/C19H31N3O3/c1-5-6-11-25-17-14-15(22-9-12-24-13-10-22)7-8-16(17)20-18(23)21-19(2,3)4/h7-8,14H,5-6,9-13H2,1-4H3,(H2,20,21,23). The van der Waals surface area contributed by atoms with Crippen LogP contribution in [0, 0.1) is 0 Å². The number of unbranched alkanes of at least 4 members (excludes halogenated alkanes) is 1. The van der Waals surface area contributed by atoms with E-state index in [1.54, 1.807) is 0 Å². The van der Waals surface area contributed by atoms with Crippen LogP contribution in [0.1, 0.15) is 40.5 Å². The van der Waals surface area contributed by atoms with Gasteiger partial charge in [0.2, 0.25) is 0 Å². The number of rotatable bonds is 6. The highest BCUT2D eigenvalue weighted by Gasteiger charge is 2.17. The molecule has 6 nitrogen and oxygen atoms in total. The van der Waals surface area contributed by atoms with Crippen LogP contribution in [0.5, 0.6) is 5.75 Å². The van der Waals surface area contributed by atoms with E-state index in [1.165, 1.54) is 0 Å². The van der Waals surface area contributed by atoms with E-state index in [0.717, 1.165) is 44.8 Å². The largest absolute Gasteiger partial charge is 0.491 e. The van der Waals surface area contributed by atoms with E-state index < -0.39 is 0 Å². The molecule has 1 aromatic rings. The van der Waals surface area contributed by atoms with E-state index in [0.29, 0.717) is 18.0 Å². The molecule has 2 amide bonds. The molecular weight excluding hydrogens is 318 g/mol. The highest BCUT2D eigenvalue weighted by molar-refractivity contribution is 5.91. The van der Waals surface area contributed by atoms with E-state index in [4.69, 9.17) is 9.47 Å². The van der Waals surface area contributed by atoms with E-state index in [-0.39, 0.29) is 11.6 Å². The molecule has 0 aromatic heterocycles. The highest BCUT2D eigenvalue weighted by atomic mass is 16.5. The molecule has 0 saturated carbocycles. The maximum Gasteiger partial charge on any atom is 0.319 e. The molecule has 2 rings (SSSR count). The molecule has 2 N–H and O–H groups in total. The first-order chi connectivity index (χ1) is 11.9. The average molecular weight is 349 g/mol. The minimum absolute atomic E-state index is 0.230. The lowest BCUT2D eigenvalue weighted by atomic mass is 10.1. The summed E-state index contributed by atoms with van der Waals surface area (Å²) in [7, 11) is 0. The van der Waals surface area contributed by atoms with Crippen molar-refractivity contribution in [2.45, 2.75) is 46.1 Å². The summed E-state index contributed by atoms with van der Waals surface area (Å²) >= 11 is 0. The van der Waals surface area contributed by atoms with E-state index >= 15 is 0 Å². The molecule has 25 heavy (non-hydrogen) atoms. The lowest BCUT2D eigenvalue weighted by molar-refractivity contribution is 0.122. The van der Waals surface area contributed by atoms with Crippen molar-refractivity contribution in [1.29, 1.82) is 0 Å². The van der Waals surface area contributed by atoms with Gasteiger partial charge in [-0.25, -0.2) is 4.79 Å². The monoisotopic (exact) mass is 349 g/mol. The summed E-state index contributed by atoms with van der Waals surface area (Å²) in [5.74, 6) is 0.710. The Balaban J connectivity index is 2.14. The van der Waals surface area contributed by atoms with Crippen molar-refractivity contribution in [3.8, 4) is 5.75 Å². The van der Waals surface area contributed by atoms with Crippen molar-refractivity contribution < 1.29 is 14.3 Å². The van der Waals surface area contributed by atoms with Crippen molar-refractivity contribution in [1.82, 2.24) is 5.32 Å². The van der Waals surface area contributed by atoms with Crippen LogP contribution < -0.4 is 20.3 Å². The molecule has 1 aliphatic rings. The third-order valence-corrected chi connectivity index (χ3v) is 3.83. The number of benzene rings is 1. The molecule has 0 spiro atoms. The summed E-state index contributed by atoms with van der Waals surface area (Å²) < 4.78 is 11.4. The highest BCUT2D eigenvalue weighted by Crippen LogP contribution is 2.31. The first kappa shape index (κ1) is 19.4. The normalized spacial score (nSPS) is 15.0. The number of urea groups is 1. The summed E-state index contributed by atoms with van der Waals surface area (Å²) in [4.78, 5) is 14.5. The molecule has 1 fully saturated rings. The molecule has 0 aliphatic carbocycles. The van der Waals surface area contributed by atoms with Crippen molar-refractivity contribution in [3.05, 3.63) is 18.2 Å². The van der Waals surface area contributed by atoms with Gasteiger partial charge < -0.3 is 25.0 Å². The first-order valence-corrected chi connectivity index (χ1v) is 9.08. The molecular formula is C19H31N3O3. The molecule has 1 saturated heterocycles. The van der Waals surface area contributed by atoms with Gasteiger partial charge in [0.25, 0.3) is 0 Å². The zero-order valence-electron chi connectivity index (χ0n) is 15.9. The smallest absolute Gasteiger partial charge is 0.319 e. The van der Waals surface area contributed by atoms with E-state index in [2.05, 4.69) is 22.5 Å². The molecule has 140 valence electrons. The van der Waals surface area contributed by atoms with Gasteiger partial charge in [0, 0.05) is 30.4 Å². The molecule has 0 atom stereocenters. The number of hydrogen-bond donors (Lipinski definition) is 2. The first-order valence-electron chi connectivity index (χ1n) is 9.08. The lowest BCUT2D eigenvalue weighted by Gasteiger charge is -2.29. The van der Waals surface area contributed by atoms with Gasteiger partial charge in [0.05, 0.1) is 25.5 Å². The van der Waals surface area contributed by atoms with Crippen LogP contribution in [0.25, 0.3) is 0 Å². The Morgan fingerprint density at radius 3 is 2.64 bits per heavy atom. The van der Waals surface area contributed by atoms with Gasteiger partial charge in [-0.05, 0) is 39.3 Å². The molecule has 0 bridgehead atoms. The summed E-state index contributed by atoms with van der Waals surface area (Å²) in [5.41, 5.74) is 1.49. The number of nitrogens with zero attached hydrogens (tertiary/aromatic N) is 1. The van der Waals surface area contributed by atoms with Gasteiger partial charge in [-0.3, -0.25) is 0 Å². The predicted molar refractivity (Wildman–Crippen MR) is 102 cm³/mol. The number of carbonyl (C=O) groups excluding carboxylic acids is 1. The quantitative estimate of drug-likeness (QED) is 0.770. The van der Waals surface area contributed by atoms with Gasteiger partial charge in [-0.1, -0.05) is 13.3 Å². The fourth-order valence-electron chi connectivity index (χ4n) is 2.57. The Morgan fingerprint density at radius 2 is 2.00 bits per heavy atom. The number of morpholine rings is 1. The molecule has 0 radical (unpaired) electrons. The maximum atomic E-state index is 12.2. The topological polar surface area (TPSA) is 62.8 Å². The average Bonchev–Trinajstić information content (AvgIpc) is 2.55. The van der Waals surface area contributed by atoms with Gasteiger partial charge in [0.1, 0.15) is 5.75 Å². The summed E-state index contributed by atoms with van der Waals surface area (Å²) in [6.45, 7) is 11.8. The van der Waals surface area contributed by atoms with Crippen molar-refractivity contribution in [2.24, 2.45) is 0 Å². The summed E-state index contributed by atoms with van der Waals surface area (Å²) in [6, 6.07) is 5.71. The molecule has 1 aromatic carbocycles. The summed E-state index contributed by atoms with van der Waals surface area (Å²) in [5, 5.41) is 5.81. The van der Waals surface area contributed by atoms with Crippen LogP contribution in [-0.4, -0.2) is 44.5 Å². The number of carbonyl (C=O) groups is 1. The second-order valence-corrected chi connectivity index (χ2v) is 7.31. The molecule has 0 unspecified atom stereocenters. The van der Waals surface area contributed by atoms with Crippen molar-refractivity contribution >= 4 is 17.4 Å². The summed E-state index contributed by atoms with van der Waals surface area (Å²) in [6.07, 6.45) is 2.05. The van der Waals surface area contributed by atoms with Crippen molar-refractivity contribution in [2.75, 3.05) is 43.1 Å². The lowest BCUT2D eigenvalue weighted by Crippen LogP contribution is -2.43. The molecule has 1 aliphatic heterocycles. The molecule has 1 heterocycles. The Hall–Kier alpha value is -1.95.